The van der Waals surface area contributed by atoms with Gasteiger partial charge in [0.1, 0.15) is 10.6 Å². The summed E-state index contributed by atoms with van der Waals surface area (Å²) in [7, 11) is 0. The van der Waals surface area contributed by atoms with Gasteiger partial charge in [-0.1, -0.05) is 19.8 Å². The van der Waals surface area contributed by atoms with E-state index in [0.29, 0.717) is 5.95 Å². The molecule has 1 aliphatic rings. The highest BCUT2D eigenvalue weighted by Crippen LogP contribution is 2.32. The van der Waals surface area contributed by atoms with Gasteiger partial charge >= 0.3 is 0 Å². The largest absolute Gasteiger partial charge is 0.369 e. The van der Waals surface area contributed by atoms with Crippen molar-refractivity contribution in [2.75, 3.05) is 17.6 Å². The molecular formula is C13H18N4S. The summed E-state index contributed by atoms with van der Waals surface area (Å²) in [5.41, 5.74) is 5.74. The Morgan fingerprint density at radius 3 is 3.11 bits per heavy atom. The minimum absolute atomic E-state index is 0.354. The van der Waals surface area contributed by atoms with Crippen molar-refractivity contribution < 1.29 is 0 Å². The van der Waals surface area contributed by atoms with E-state index >= 15 is 0 Å². The first-order valence-corrected chi connectivity index (χ1v) is 7.36. The molecule has 3 N–H and O–H groups in total. The van der Waals surface area contributed by atoms with Gasteiger partial charge in [-0.05, 0) is 29.7 Å². The standard InChI is InChI=1S/C13H18N4S/c1-8-3-2-4-9(8)7-15-11-10-5-6-18-12(10)17-13(14)16-11/h5-6,8-9H,2-4,7H2,1H3,(H3,14,15,16,17). The average Bonchev–Trinajstić information content (AvgIpc) is 2.94. The number of nitrogens with two attached hydrogens (primary N) is 1. The number of nitrogens with zero attached hydrogens (tertiary/aromatic N) is 2. The van der Waals surface area contributed by atoms with E-state index in [1.165, 1.54) is 19.3 Å². The maximum Gasteiger partial charge on any atom is 0.223 e. The molecule has 1 aliphatic carbocycles. The molecule has 96 valence electrons. The number of aromatic nitrogens is 2. The van der Waals surface area contributed by atoms with Gasteiger partial charge in [-0.2, -0.15) is 4.98 Å². The van der Waals surface area contributed by atoms with Crippen molar-refractivity contribution in [3.63, 3.8) is 0 Å². The number of hydrogen-bond donors (Lipinski definition) is 2. The van der Waals surface area contributed by atoms with E-state index in [1.807, 2.05) is 5.38 Å². The average molecular weight is 262 g/mol. The molecule has 2 aromatic heterocycles. The Labute approximate surface area is 111 Å². The maximum absolute atomic E-state index is 5.74. The molecule has 0 bridgehead atoms. The molecule has 0 aromatic carbocycles. The van der Waals surface area contributed by atoms with Crippen LogP contribution in [-0.2, 0) is 0 Å². The van der Waals surface area contributed by atoms with Crippen LogP contribution in [0.5, 0.6) is 0 Å². The Hall–Kier alpha value is -1.36. The van der Waals surface area contributed by atoms with E-state index in [2.05, 4.69) is 28.3 Å². The summed E-state index contributed by atoms with van der Waals surface area (Å²) < 4.78 is 0. The SMILES string of the molecule is CC1CCCC1CNc1nc(N)nc2sccc12. The third-order valence-electron chi connectivity index (χ3n) is 3.91. The molecule has 1 fully saturated rings. The first-order chi connectivity index (χ1) is 8.74. The normalized spacial score (nSPS) is 23.6. The smallest absolute Gasteiger partial charge is 0.223 e. The molecule has 18 heavy (non-hydrogen) atoms. The zero-order valence-corrected chi connectivity index (χ0v) is 11.3. The molecule has 2 heterocycles. The highest BCUT2D eigenvalue weighted by Gasteiger charge is 2.23. The molecule has 0 spiro atoms. The van der Waals surface area contributed by atoms with Crippen LogP contribution in [0.3, 0.4) is 0 Å². The number of rotatable bonds is 3. The van der Waals surface area contributed by atoms with Gasteiger partial charge in [0.05, 0.1) is 5.39 Å². The zero-order valence-electron chi connectivity index (χ0n) is 10.5. The van der Waals surface area contributed by atoms with Gasteiger partial charge in [0, 0.05) is 6.54 Å². The van der Waals surface area contributed by atoms with Crippen molar-refractivity contribution in [2.24, 2.45) is 11.8 Å². The molecule has 0 aliphatic heterocycles. The summed E-state index contributed by atoms with van der Waals surface area (Å²) >= 11 is 1.60. The predicted octanol–water partition coefficient (Wildman–Crippen LogP) is 3.12. The van der Waals surface area contributed by atoms with Crippen molar-refractivity contribution in [3.05, 3.63) is 11.4 Å². The predicted molar refractivity (Wildman–Crippen MR) is 76.8 cm³/mol. The second-order valence-corrected chi connectivity index (χ2v) is 6.01. The fourth-order valence-electron chi connectivity index (χ4n) is 2.76. The van der Waals surface area contributed by atoms with E-state index in [1.54, 1.807) is 11.3 Å². The van der Waals surface area contributed by atoms with Crippen LogP contribution in [0.2, 0.25) is 0 Å². The first-order valence-electron chi connectivity index (χ1n) is 6.48. The molecule has 2 atom stereocenters. The van der Waals surface area contributed by atoms with E-state index in [9.17, 15) is 0 Å². The Bertz CT molecular complexity index is 551. The van der Waals surface area contributed by atoms with Crippen LogP contribution in [0.4, 0.5) is 11.8 Å². The molecule has 4 nitrogen and oxygen atoms in total. The van der Waals surface area contributed by atoms with Gasteiger partial charge in [-0.3, -0.25) is 0 Å². The third-order valence-corrected chi connectivity index (χ3v) is 4.72. The summed E-state index contributed by atoms with van der Waals surface area (Å²) in [5.74, 6) is 2.81. The second kappa shape index (κ2) is 4.72. The summed E-state index contributed by atoms with van der Waals surface area (Å²) in [6.45, 7) is 3.33. The van der Waals surface area contributed by atoms with Crippen LogP contribution in [0.15, 0.2) is 11.4 Å². The molecule has 1 saturated carbocycles. The quantitative estimate of drug-likeness (QED) is 0.892. The minimum Gasteiger partial charge on any atom is -0.369 e. The molecule has 5 heteroatoms. The van der Waals surface area contributed by atoms with Crippen LogP contribution < -0.4 is 11.1 Å². The van der Waals surface area contributed by atoms with Gasteiger partial charge in [-0.25, -0.2) is 4.98 Å². The number of nitrogens with one attached hydrogen (secondary N) is 1. The van der Waals surface area contributed by atoms with Crippen LogP contribution in [-0.4, -0.2) is 16.5 Å². The third kappa shape index (κ3) is 2.14. The Kier molecular flexibility index (Phi) is 3.07. The van der Waals surface area contributed by atoms with Gasteiger partial charge in [0.2, 0.25) is 5.95 Å². The van der Waals surface area contributed by atoms with Gasteiger partial charge in [-0.15, -0.1) is 11.3 Å². The number of thiophene rings is 1. The molecule has 2 aromatic rings. The van der Waals surface area contributed by atoms with Crippen molar-refractivity contribution in [1.82, 2.24) is 9.97 Å². The number of nitrogen functional groups attached to an aromatic ring is 1. The summed E-state index contributed by atoms with van der Waals surface area (Å²) in [6, 6.07) is 2.06. The maximum atomic E-state index is 5.74. The number of fused-ring (bicyclic) bond motifs is 1. The van der Waals surface area contributed by atoms with Crippen molar-refractivity contribution in [1.29, 1.82) is 0 Å². The van der Waals surface area contributed by atoms with Crippen LogP contribution in [0.1, 0.15) is 26.2 Å². The Morgan fingerprint density at radius 1 is 1.44 bits per heavy atom. The van der Waals surface area contributed by atoms with E-state index in [-0.39, 0.29) is 0 Å². The molecular weight excluding hydrogens is 244 g/mol. The lowest BCUT2D eigenvalue weighted by Gasteiger charge is -2.16. The highest BCUT2D eigenvalue weighted by molar-refractivity contribution is 7.16. The van der Waals surface area contributed by atoms with E-state index in [0.717, 1.165) is 34.4 Å². The topological polar surface area (TPSA) is 63.8 Å². The van der Waals surface area contributed by atoms with Crippen molar-refractivity contribution >= 4 is 33.3 Å². The Morgan fingerprint density at radius 2 is 2.33 bits per heavy atom. The molecule has 2 unspecified atom stereocenters. The lowest BCUT2D eigenvalue weighted by atomic mass is 9.98. The van der Waals surface area contributed by atoms with Crippen LogP contribution in [0.25, 0.3) is 10.2 Å². The summed E-state index contributed by atoms with van der Waals surface area (Å²) in [4.78, 5) is 9.52. The fourth-order valence-corrected chi connectivity index (χ4v) is 3.53. The summed E-state index contributed by atoms with van der Waals surface area (Å²) in [6.07, 6.45) is 4.03. The lowest BCUT2D eigenvalue weighted by molar-refractivity contribution is 0.439. The van der Waals surface area contributed by atoms with Gasteiger partial charge in [0.25, 0.3) is 0 Å². The van der Waals surface area contributed by atoms with Gasteiger partial charge in [0.15, 0.2) is 0 Å². The second-order valence-electron chi connectivity index (χ2n) is 5.12. The van der Waals surface area contributed by atoms with Crippen molar-refractivity contribution in [3.8, 4) is 0 Å². The van der Waals surface area contributed by atoms with E-state index < -0.39 is 0 Å². The van der Waals surface area contributed by atoms with Crippen LogP contribution >= 0.6 is 11.3 Å². The fraction of sp³-hybridized carbons (Fsp3) is 0.538. The lowest BCUT2D eigenvalue weighted by Crippen LogP contribution is -2.17. The Balaban J connectivity index is 1.79. The van der Waals surface area contributed by atoms with Gasteiger partial charge < -0.3 is 11.1 Å². The minimum atomic E-state index is 0.354. The zero-order chi connectivity index (χ0) is 12.5. The molecule has 0 saturated heterocycles. The highest BCUT2D eigenvalue weighted by atomic mass is 32.1. The summed E-state index contributed by atoms with van der Waals surface area (Å²) in [5, 5.41) is 6.58. The van der Waals surface area contributed by atoms with E-state index in [4.69, 9.17) is 5.73 Å². The first kappa shape index (κ1) is 11.7. The van der Waals surface area contributed by atoms with Crippen LogP contribution in [0, 0.1) is 11.8 Å². The molecule has 0 radical (unpaired) electrons. The molecule has 0 amide bonds. The number of anilines is 2. The van der Waals surface area contributed by atoms with Crippen molar-refractivity contribution in [2.45, 2.75) is 26.2 Å². The molecule has 3 rings (SSSR count). The monoisotopic (exact) mass is 262 g/mol. The number of hydrogen-bond acceptors (Lipinski definition) is 5.